The first-order chi connectivity index (χ1) is 10.9. The second-order valence-corrected chi connectivity index (χ2v) is 6.40. The van der Waals surface area contributed by atoms with Crippen LogP contribution >= 0.6 is 0 Å². The Morgan fingerprint density at radius 1 is 1.17 bits per heavy atom. The lowest BCUT2D eigenvalue weighted by Crippen LogP contribution is -2.41. The van der Waals surface area contributed by atoms with E-state index in [4.69, 9.17) is 4.74 Å². The predicted octanol–water partition coefficient (Wildman–Crippen LogP) is 2.44. The third-order valence-electron chi connectivity index (χ3n) is 4.43. The van der Waals surface area contributed by atoms with Crippen LogP contribution in [0, 0.1) is 26.7 Å². The van der Waals surface area contributed by atoms with E-state index in [-0.39, 0.29) is 17.8 Å². The third kappa shape index (κ3) is 4.55. The molecule has 0 spiro atoms. The standard InChI is InChI=1S/C18H26N2O3/c1-12-9-13(2)17(14(3)10-12)19-16(21)11-20-7-5-15(6-8-20)18(22)23-4/h9-10,15H,5-8,11H2,1-4H3,(H,19,21). The van der Waals surface area contributed by atoms with Crippen LogP contribution in [-0.4, -0.2) is 43.5 Å². The van der Waals surface area contributed by atoms with Gasteiger partial charge in [-0.1, -0.05) is 17.7 Å². The van der Waals surface area contributed by atoms with E-state index in [9.17, 15) is 9.59 Å². The zero-order valence-corrected chi connectivity index (χ0v) is 14.4. The van der Waals surface area contributed by atoms with Crippen LogP contribution in [0.1, 0.15) is 29.5 Å². The summed E-state index contributed by atoms with van der Waals surface area (Å²) in [5, 5.41) is 3.03. The van der Waals surface area contributed by atoms with Gasteiger partial charge in [-0.2, -0.15) is 0 Å². The summed E-state index contributed by atoms with van der Waals surface area (Å²) in [5.41, 5.74) is 4.27. The minimum absolute atomic E-state index is 0.00317. The first-order valence-electron chi connectivity index (χ1n) is 8.08. The van der Waals surface area contributed by atoms with Crippen LogP contribution in [-0.2, 0) is 14.3 Å². The highest BCUT2D eigenvalue weighted by molar-refractivity contribution is 5.93. The number of methoxy groups -OCH3 is 1. The van der Waals surface area contributed by atoms with Gasteiger partial charge in [-0.05, 0) is 57.8 Å². The molecule has 0 unspecified atom stereocenters. The van der Waals surface area contributed by atoms with Crippen LogP contribution in [0.3, 0.4) is 0 Å². The zero-order chi connectivity index (χ0) is 17.0. The lowest BCUT2D eigenvalue weighted by atomic mass is 9.97. The molecule has 0 saturated carbocycles. The van der Waals surface area contributed by atoms with Gasteiger partial charge in [-0.25, -0.2) is 0 Å². The molecule has 1 fully saturated rings. The maximum Gasteiger partial charge on any atom is 0.308 e. The van der Waals surface area contributed by atoms with Crippen LogP contribution in [0.25, 0.3) is 0 Å². The van der Waals surface area contributed by atoms with E-state index in [1.165, 1.54) is 12.7 Å². The number of piperidine rings is 1. The van der Waals surface area contributed by atoms with Gasteiger partial charge in [0, 0.05) is 5.69 Å². The number of carbonyl (C=O) groups excluding carboxylic acids is 2. The summed E-state index contributed by atoms with van der Waals surface area (Å²) in [4.78, 5) is 25.9. The molecule has 1 amide bonds. The summed E-state index contributed by atoms with van der Waals surface area (Å²) in [7, 11) is 1.42. The Morgan fingerprint density at radius 2 is 1.74 bits per heavy atom. The Bertz CT molecular complexity index is 567. The number of carbonyl (C=O) groups is 2. The molecule has 1 aliphatic rings. The minimum Gasteiger partial charge on any atom is -0.469 e. The number of rotatable bonds is 4. The topological polar surface area (TPSA) is 58.6 Å². The van der Waals surface area contributed by atoms with Gasteiger partial charge >= 0.3 is 5.97 Å². The first-order valence-corrected chi connectivity index (χ1v) is 8.08. The Labute approximate surface area is 138 Å². The Hall–Kier alpha value is -1.88. The molecule has 1 N–H and O–H groups in total. The second-order valence-electron chi connectivity index (χ2n) is 6.40. The van der Waals surface area contributed by atoms with Gasteiger partial charge in [0.05, 0.1) is 19.6 Å². The van der Waals surface area contributed by atoms with E-state index >= 15 is 0 Å². The lowest BCUT2D eigenvalue weighted by molar-refractivity contribution is -0.147. The van der Waals surface area contributed by atoms with Crippen LogP contribution in [0.5, 0.6) is 0 Å². The summed E-state index contributed by atoms with van der Waals surface area (Å²) >= 11 is 0. The number of benzene rings is 1. The van der Waals surface area contributed by atoms with Gasteiger partial charge in [-0.3, -0.25) is 14.5 Å². The van der Waals surface area contributed by atoms with E-state index in [1.807, 2.05) is 13.8 Å². The summed E-state index contributed by atoms with van der Waals surface area (Å²) in [6.07, 6.45) is 1.51. The van der Waals surface area contributed by atoms with Crippen molar-refractivity contribution in [2.24, 2.45) is 5.92 Å². The van der Waals surface area contributed by atoms with Crippen molar-refractivity contribution in [3.63, 3.8) is 0 Å². The number of nitrogens with zero attached hydrogens (tertiary/aromatic N) is 1. The molecular weight excluding hydrogens is 292 g/mol. The van der Waals surface area contributed by atoms with E-state index in [2.05, 4.69) is 29.3 Å². The van der Waals surface area contributed by atoms with Crippen molar-refractivity contribution in [1.82, 2.24) is 4.90 Å². The molecule has 0 bridgehead atoms. The summed E-state index contributed by atoms with van der Waals surface area (Å²) < 4.78 is 4.78. The molecule has 5 heteroatoms. The van der Waals surface area contributed by atoms with Crippen molar-refractivity contribution in [2.75, 3.05) is 32.1 Å². The quantitative estimate of drug-likeness (QED) is 0.866. The highest BCUT2D eigenvalue weighted by Crippen LogP contribution is 2.22. The van der Waals surface area contributed by atoms with Gasteiger partial charge < -0.3 is 10.1 Å². The Morgan fingerprint density at radius 3 is 2.26 bits per heavy atom. The Balaban J connectivity index is 1.88. The molecule has 0 aliphatic carbocycles. The van der Waals surface area contributed by atoms with Crippen LogP contribution < -0.4 is 5.32 Å². The molecule has 1 saturated heterocycles. The van der Waals surface area contributed by atoms with Crippen LogP contribution in [0.15, 0.2) is 12.1 Å². The number of nitrogens with one attached hydrogen (secondary N) is 1. The average molecular weight is 318 g/mol. The minimum atomic E-state index is -0.139. The molecule has 0 aromatic heterocycles. The van der Waals surface area contributed by atoms with Crippen LogP contribution in [0.4, 0.5) is 5.69 Å². The molecule has 1 aromatic carbocycles. The molecule has 5 nitrogen and oxygen atoms in total. The van der Waals surface area contributed by atoms with Gasteiger partial charge in [0.2, 0.25) is 5.91 Å². The number of hydrogen-bond acceptors (Lipinski definition) is 4. The number of esters is 1. The predicted molar refractivity (Wildman–Crippen MR) is 90.5 cm³/mol. The summed E-state index contributed by atoms with van der Waals surface area (Å²) in [6.45, 7) is 7.94. The number of ether oxygens (including phenoxy) is 1. The number of anilines is 1. The number of aryl methyl sites for hydroxylation is 3. The second kappa shape index (κ2) is 7.59. The van der Waals surface area contributed by atoms with Crippen molar-refractivity contribution in [3.05, 3.63) is 28.8 Å². The fourth-order valence-electron chi connectivity index (χ4n) is 3.25. The molecule has 1 heterocycles. The molecule has 1 aromatic rings. The molecule has 23 heavy (non-hydrogen) atoms. The molecule has 126 valence electrons. The van der Waals surface area contributed by atoms with Crippen LogP contribution in [0.2, 0.25) is 0 Å². The van der Waals surface area contributed by atoms with Gasteiger partial charge in [0.15, 0.2) is 0 Å². The van der Waals surface area contributed by atoms with Gasteiger partial charge in [0.1, 0.15) is 0 Å². The smallest absolute Gasteiger partial charge is 0.308 e. The fraction of sp³-hybridized carbons (Fsp3) is 0.556. The maximum atomic E-state index is 12.3. The fourth-order valence-corrected chi connectivity index (χ4v) is 3.25. The van der Waals surface area contributed by atoms with Crippen molar-refractivity contribution >= 4 is 17.6 Å². The molecule has 0 atom stereocenters. The number of likely N-dealkylation sites (tertiary alicyclic amines) is 1. The average Bonchev–Trinajstić information content (AvgIpc) is 2.51. The molecule has 0 radical (unpaired) electrons. The number of hydrogen-bond donors (Lipinski definition) is 1. The van der Waals surface area contributed by atoms with E-state index in [0.717, 1.165) is 42.7 Å². The normalized spacial score (nSPS) is 16.2. The van der Waals surface area contributed by atoms with E-state index < -0.39 is 0 Å². The third-order valence-corrected chi connectivity index (χ3v) is 4.43. The highest BCUT2D eigenvalue weighted by atomic mass is 16.5. The number of amides is 1. The van der Waals surface area contributed by atoms with Crippen molar-refractivity contribution in [3.8, 4) is 0 Å². The van der Waals surface area contributed by atoms with E-state index in [1.54, 1.807) is 0 Å². The van der Waals surface area contributed by atoms with Gasteiger partial charge in [0.25, 0.3) is 0 Å². The zero-order valence-electron chi connectivity index (χ0n) is 14.4. The maximum absolute atomic E-state index is 12.3. The largest absolute Gasteiger partial charge is 0.469 e. The molecule has 1 aliphatic heterocycles. The SMILES string of the molecule is COC(=O)C1CCN(CC(=O)Nc2c(C)cc(C)cc2C)CC1. The summed E-state index contributed by atoms with van der Waals surface area (Å²) in [5.74, 6) is -0.169. The first kappa shape index (κ1) is 17.5. The van der Waals surface area contributed by atoms with Crippen molar-refractivity contribution in [2.45, 2.75) is 33.6 Å². The van der Waals surface area contributed by atoms with Gasteiger partial charge in [-0.15, -0.1) is 0 Å². The highest BCUT2D eigenvalue weighted by Gasteiger charge is 2.26. The lowest BCUT2D eigenvalue weighted by Gasteiger charge is -2.30. The van der Waals surface area contributed by atoms with Crippen molar-refractivity contribution < 1.29 is 14.3 Å². The van der Waals surface area contributed by atoms with Crippen molar-refractivity contribution in [1.29, 1.82) is 0 Å². The molecule has 2 rings (SSSR count). The monoisotopic (exact) mass is 318 g/mol. The summed E-state index contributed by atoms with van der Waals surface area (Å²) in [6, 6.07) is 4.15. The van der Waals surface area contributed by atoms with E-state index in [0.29, 0.717) is 6.54 Å². The molecular formula is C18H26N2O3. The Kier molecular flexibility index (Phi) is 5.77.